The summed E-state index contributed by atoms with van der Waals surface area (Å²) in [7, 11) is 0. The number of aliphatic imine (C=N–C) groups is 1. The van der Waals surface area contributed by atoms with Crippen molar-refractivity contribution in [2.24, 2.45) is 16.8 Å². The zero-order valence-electron chi connectivity index (χ0n) is 18.5. The Morgan fingerprint density at radius 2 is 1.87 bits per heavy atom. The summed E-state index contributed by atoms with van der Waals surface area (Å²) in [6.07, 6.45) is 8.48. The van der Waals surface area contributed by atoms with E-state index in [0.717, 1.165) is 74.3 Å². The van der Waals surface area contributed by atoms with Gasteiger partial charge >= 0.3 is 0 Å². The van der Waals surface area contributed by atoms with Gasteiger partial charge in [-0.25, -0.2) is 0 Å². The highest BCUT2D eigenvalue weighted by Gasteiger charge is 2.33. The Morgan fingerprint density at radius 3 is 2.58 bits per heavy atom. The number of nitrogens with zero attached hydrogens (tertiary/aromatic N) is 5. The van der Waals surface area contributed by atoms with Crippen molar-refractivity contribution >= 4 is 28.8 Å². The van der Waals surface area contributed by atoms with E-state index < -0.39 is 0 Å². The fourth-order valence-corrected chi connectivity index (χ4v) is 5.21. The summed E-state index contributed by atoms with van der Waals surface area (Å²) in [6, 6.07) is 4.72. The Labute approximate surface area is 184 Å². The van der Waals surface area contributed by atoms with Crippen LogP contribution in [0.1, 0.15) is 44.7 Å². The maximum Gasteiger partial charge on any atom is 0.225 e. The summed E-state index contributed by atoms with van der Waals surface area (Å²) in [5, 5.41) is 3.36. The largest absolute Gasteiger partial charge is 0.369 e. The minimum absolute atomic E-state index is 0.00566. The number of benzene rings is 1. The van der Waals surface area contributed by atoms with Crippen LogP contribution in [0.25, 0.3) is 11.0 Å². The molecule has 0 radical (unpaired) electrons. The predicted octanol–water partition coefficient (Wildman–Crippen LogP) is 2.82. The van der Waals surface area contributed by atoms with Crippen LogP contribution in [-0.2, 0) is 4.79 Å². The highest BCUT2D eigenvalue weighted by Crippen LogP contribution is 2.36. The van der Waals surface area contributed by atoms with Gasteiger partial charge in [0.2, 0.25) is 5.91 Å². The number of fused-ring (bicyclic) bond motifs is 1. The number of likely N-dealkylation sites (tertiary alicyclic amines) is 1. The van der Waals surface area contributed by atoms with E-state index in [4.69, 9.17) is 0 Å². The van der Waals surface area contributed by atoms with Crippen LogP contribution < -0.4 is 10.2 Å². The first-order valence-electron chi connectivity index (χ1n) is 11.7. The molecule has 1 amide bonds. The molecule has 1 aromatic heterocycles. The maximum absolute atomic E-state index is 13.2. The van der Waals surface area contributed by atoms with Crippen molar-refractivity contribution < 1.29 is 4.79 Å². The summed E-state index contributed by atoms with van der Waals surface area (Å²) < 4.78 is 0. The van der Waals surface area contributed by atoms with Gasteiger partial charge in [-0.2, -0.15) is 0 Å². The summed E-state index contributed by atoms with van der Waals surface area (Å²) >= 11 is 0. The van der Waals surface area contributed by atoms with Crippen LogP contribution in [0.2, 0.25) is 0 Å². The third kappa shape index (κ3) is 4.28. The molecule has 0 bridgehead atoms. The van der Waals surface area contributed by atoms with E-state index in [0.29, 0.717) is 12.0 Å². The first-order valence-corrected chi connectivity index (χ1v) is 11.7. The first-order chi connectivity index (χ1) is 15.1. The molecule has 1 N–H and O–H groups in total. The third-order valence-electron chi connectivity index (χ3n) is 7.00. The van der Waals surface area contributed by atoms with E-state index in [9.17, 15) is 4.79 Å². The lowest BCUT2D eigenvalue weighted by molar-refractivity contribution is -0.126. The molecule has 2 fully saturated rings. The van der Waals surface area contributed by atoms with E-state index in [-0.39, 0.29) is 17.9 Å². The van der Waals surface area contributed by atoms with Gasteiger partial charge in [0, 0.05) is 56.4 Å². The Bertz CT molecular complexity index is 977. The number of nitrogens with one attached hydrogen (secondary N) is 1. The molecule has 164 valence electrons. The van der Waals surface area contributed by atoms with Gasteiger partial charge in [-0.3, -0.25) is 19.8 Å². The standard InChI is InChI=1S/C24H32N6O/c1-3-29-10-6-18(7-11-29)28-24(31)17-12-16(2)14-30(15-17)21-5-4-19(20-13-27-20)22-23(21)26-9-8-25-22/h4-5,8-9,13,16-18,20H,3,6-7,10-12,14-15H2,1-2H3,(H,28,31). The minimum atomic E-state index is 0.00566. The quantitative estimate of drug-likeness (QED) is 0.805. The monoisotopic (exact) mass is 420 g/mol. The Hall–Kier alpha value is -2.54. The topological polar surface area (TPSA) is 73.7 Å². The molecular weight excluding hydrogens is 388 g/mol. The highest BCUT2D eigenvalue weighted by atomic mass is 16.2. The van der Waals surface area contributed by atoms with E-state index in [1.807, 2.05) is 6.21 Å². The lowest BCUT2D eigenvalue weighted by Gasteiger charge is -2.39. The molecule has 1 aromatic carbocycles. The van der Waals surface area contributed by atoms with Gasteiger partial charge in [-0.05, 0) is 37.8 Å². The molecule has 7 nitrogen and oxygen atoms in total. The van der Waals surface area contributed by atoms with E-state index in [2.05, 4.69) is 56.1 Å². The second-order valence-corrected chi connectivity index (χ2v) is 9.33. The van der Waals surface area contributed by atoms with Crippen molar-refractivity contribution in [1.82, 2.24) is 20.2 Å². The van der Waals surface area contributed by atoms with Crippen LogP contribution in [0.4, 0.5) is 5.69 Å². The smallest absolute Gasteiger partial charge is 0.225 e. The van der Waals surface area contributed by atoms with Crippen molar-refractivity contribution in [3.8, 4) is 0 Å². The van der Waals surface area contributed by atoms with Crippen molar-refractivity contribution in [3.05, 3.63) is 30.1 Å². The predicted molar refractivity (Wildman–Crippen MR) is 124 cm³/mol. The molecule has 0 spiro atoms. The van der Waals surface area contributed by atoms with Gasteiger partial charge in [-0.1, -0.05) is 19.9 Å². The van der Waals surface area contributed by atoms with E-state index in [1.54, 1.807) is 12.4 Å². The molecule has 3 aliphatic heterocycles. The van der Waals surface area contributed by atoms with Gasteiger partial charge in [0.05, 0.1) is 17.1 Å². The second-order valence-electron chi connectivity index (χ2n) is 9.33. The number of hydrogen-bond donors (Lipinski definition) is 1. The maximum atomic E-state index is 13.2. The van der Waals surface area contributed by atoms with Crippen LogP contribution in [0.5, 0.6) is 0 Å². The fourth-order valence-electron chi connectivity index (χ4n) is 5.21. The Balaban J connectivity index is 1.32. The van der Waals surface area contributed by atoms with Crippen LogP contribution >= 0.6 is 0 Å². The number of anilines is 1. The second kappa shape index (κ2) is 8.54. The molecule has 4 heterocycles. The number of aromatic nitrogens is 2. The molecular formula is C24H32N6O. The lowest BCUT2D eigenvalue weighted by Crippen LogP contribution is -2.50. The lowest BCUT2D eigenvalue weighted by atomic mass is 9.88. The highest BCUT2D eigenvalue weighted by molar-refractivity contribution is 5.95. The molecule has 3 aliphatic rings. The number of amides is 1. The average molecular weight is 421 g/mol. The van der Waals surface area contributed by atoms with Gasteiger partial charge in [0.1, 0.15) is 11.6 Å². The number of carbonyl (C=O) groups excluding carboxylic acids is 1. The molecule has 7 heteroatoms. The summed E-state index contributed by atoms with van der Waals surface area (Å²) in [5.74, 6) is 0.667. The van der Waals surface area contributed by atoms with Crippen molar-refractivity contribution in [2.45, 2.75) is 45.2 Å². The Kier molecular flexibility index (Phi) is 5.61. The van der Waals surface area contributed by atoms with E-state index >= 15 is 0 Å². The van der Waals surface area contributed by atoms with Crippen LogP contribution in [-0.4, -0.2) is 65.8 Å². The normalized spacial score (nSPS) is 26.9. The average Bonchev–Trinajstić information content (AvgIpc) is 3.64. The SMILES string of the molecule is CCN1CCC(NC(=O)C2CC(C)CN(c3ccc(C4C=N4)c4nccnc34)C2)CC1. The van der Waals surface area contributed by atoms with E-state index in [1.165, 1.54) is 0 Å². The molecule has 31 heavy (non-hydrogen) atoms. The van der Waals surface area contributed by atoms with Crippen LogP contribution in [0.15, 0.2) is 29.5 Å². The van der Waals surface area contributed by atoms with Crippen molar-refractivity contribution in [3.63, 3.8) is 0 Å². The zero-order valence-corrected chi connectivity index (χ0v) is 18.5. The first kappa shape index (κ1) is 20.4. The number of carbonyl (C=O) groups is 1. The number of piperidine rings is 2. The van der Waals surface area contributed by atoms with Crippen LogP contribution in [0.3, 0.4) is 0 Å². The fraction of sp³-hybridized carbons (Fsp3) is 0.583. The molecule has 2 saturated heterocycles. The zero-order chi connectivity index (χ0) is 21.4. The molecule has 0 saturated carbocycles. The van der Waals surface area contributed by atoms with Gasteiger partial charge in [0.15, 0.2) is 0 Å². The summed E-state index contributed by atoms with van der Waals surface area (Å²) in [6.45, 7) is 9.37. The summed E-state index contributed by atoms with van der Waals surface area (Å²) in [5.41, 5.74) is 4.03. The molecule has 5 rings (SSSR count). The van der Waals surface area contributed by atoms with Crippen LogP contribution in [0, 0.1) is 11.8 Å². The molecule has 2 aromatic rings. The number of rotatable bonds is 5. The Morgan fingerprint density at radius 1 is 1.13 bits per heavy atom. The number of hydrogen-bond acceptors (Lipinski definition) is 6. The van der Waals surface area contributed by atoms with Crippen molar-refractivity contribution in [2.75, 3.05) is 37.6 Å². The molecule has 0 aliphatic carbocycles. The minimum Gasteiger partial charge on any atom is -0.369 e. The van der Waals surface area contributed by atoms with Gasteiger partial charge in [0.25, 0.3) is 0 Å². The third-order valence-corrected chi connectivity index (χ3v) is 7.00. The molecule has 3 atom stereocenters. The van der Waals surface area contributed by atoms with Crippen molar-refractivity contribution in [1.29, 1.82) is 0 Å². The van der Waals surface area contributed by atoms with Gasteiger partial charge in [-0.15, -0.1) is 0 Å². The summed E-state index contributed by atoms with van der Waals surface area (Å²) in [4.78, 5) is 31.5. The molecule has 3 unspecified atom stereocenters. The van der Waals surface area contributed by atoms with Gasteiger partial charge < -0.3 is 15.1 Å².